The lowest BCUT2D eigenvalue weighted by atomic mass is 10.3. The highest BCUT2D eigenvalue weighted by molar-refractivity contribution is 5.67. The van der Waals surface area contributed by atoms with Gasteiger partial charge in [0.05, 0.1) is 12.1 Å². The predicted octanol–water partition coefficient (Wildman–Crippen LogP) is 1.23. The first-order valence-corrected chi connectivity index (χ1v) is 5.44. The third kappa shape index (κ3) is 2.48. The van der Waals surface area contributed by atoms with Gasteiger partial charge in [-0.05, 0) is 19.8 Å². The molecule has 0 aliphatic heterocycles. The number of anilines is 1. The summed E-state index contributed by atoms with van der Waals surface area (Å²) in [7, 11) is 0. The van der Waals surface area contributed by atoms with E-state index in [9.17, 15) is 4.79 Å². The zero-order valence-corrected chi connectivity index (χ0v) is 9.26. The maximum absolute atomic E-state index is 10.6. The molecule has 1 fully saturated rings. The van der Waals surface area contributed by atoms with Gasteiger partial charge in [-0.25, -0.2) is 4.98 Å². The molecule has 0 spiro atoms. The molecule has 0 bridgehead atoms. The lowest BCUT2D eigenvalue weighted by molar-refractivity contribution is -0.136. The molecule has 1 aliphatic rings. The molecule has 1 aliphatic carbocycles. The van der Waals surface area contributed by atoms with E-state index in [2.05, 4.69) is 14.9 Å². The van der Waals surface area contributed by atoms with Crippen molar-refractivity contribution >= 4 is 11.8 Å². The van der Waals surface area contributed by atoms with Crippen LogP contribution in [0, 0.1) is 6.92 Å². The largest absolute Gasteiger partial charge is 0.481 e. The van der Waals surface area contributed by atoms with Crippen LogP contribution in [0.25, 0.3) is 0 Å². The number of aromatic nitrogens is 2. The minimum Gasteiger partial charge on any atom is -0.481 e. The summed E-state index contributed by atoms with van der Waals surface area (Å²) in [6, 6.07) is 0.453. The summed E-state index contributed by atoms with van der Waals surface area (Å²) in [6.07, 6.45) is 5.69. The van der Waals surface area contributed by atoms with Gasteiger partial charge in [-0.2, -0.15) is 0 Å². The fourth-order valence-electron chi connectivity index (χ4n) is 1.75. The summed E-state index contributed by atoms with van der Waals surface area (Å²) in [6.45, 7) is 2.41. The van der Waals surface area contributed by atoms with Gasteiger partial charge >= 0.3 is 5.97 Å². The molecule has 0 saturated heterocycles. The van der Waals surface area contributed by atoms with E-state index >= 15 is 0 Å². The zero-order valence-electron chi connectivity index (χ0n) is 9.26. The molecular formula is C11H15N3O2. The van der Waals surface area contributed by atoms with Crippen LogP contribution in [-0.4, -0.2) is 33.6 Å². The Kier molecular flexibility index (Phi) is 3.03. The van der Waals surface area contributed by atoms with Crippen molar-refractivity contribution in [3.63, 3.8) is 0 Å². The van der Waals surface area contributed by atoms with E-state index < -0.39 is 5.97 Å². The van der Waals surface area contributed by atoms with Crippen LogP contribution in [0.5, 0.6) is 0 Å². The molecule has 1 aromatic heterocycles. The van der Waals surface area contributed by atoms with Crippen molar-refractivity contribution in [1.29, 1.82) is 0 Å². The van der Waals surface area contributed by atoms with E-state index in [0.717, 1.165) is 24.4 Å². The number of aryl methyl sites for hydroxylation is 1. The number of rotatable bonds is 5. The van der Waals surface area contributed by atoms with Crippen molar-refractivity contribution in [2.75, 3.05) is 11.4 Å². The van der Waals surface area contributed by atoms with Crippen LogP contribution in [0.15, 0.2) is 12.4 Å². The van der Waals surface area contributed by atoms with Crippen molar-refractivity contribution in [2.45, 2.75) is 32.2 Å². The molecule has 5 heteroatoms. The standard InChI is InChI=1S/C11H15N3O2/c1-8-11(13-6-5-12-8)14(9-2-3-9)7-4-10(15)16/h5-6,9H,2-4,7H2,1H3,(H,15,16). The first-order chi connectivity index (χ1) is 7.68. The second-order valence-electron chi connectivity index (χ2n) is 4.03. The number of hydrogen-bond acceptors (Lipinski definition) is 4. The Hall–Kier alpha value is -1.65. The van der Waals surface area contributed by atoms with Gasteiger partial charge in [-0.3, -0.25) is 9.78 Å². The van der Waals surface area contributed by atoms with E-state index in [-0.39, 0.29) is 6.42 Å². The Morgan fingerprint density at radius 1 is 1.50 bits per heavy atom. The van der Waals surface area contributed by atoms with Gasteiger partial charge in [0, 0.05) is 25.0 Å². The number of nitrogens with zero attached hydrogens (tertiary/aromatic N) is 3. The molecule has 86 valence electrons. The summed E-state index contributed by atoms with van der Waals surface area (Å²) < 4.78 is 0. The topological polar surface area (TPSA) is 66.3 Å². The Balaban J connectivity index is 2.12. The Morgan fingerprint density at radius 2 is 2.19 bits per heavy atom. The highest BCUT2D eigenvalue weighted by Crippen LogP contribution is 2.31. The maximum Gasteiger partial charge on any atom is 0.305 e. The van der Waals surface area contributed by atoms with Crippen LogP contribution in [0.3, 0.4) is 0 Å². The van der Waals surface area contributed by atoms with Gasteiger partial charge < -0.3 is 10.0 Å². The van der Waals surface area contributed by atoms with Gasteiger partial charge in [0.1, 0.15) is 5.82 Å². The normalized spacial score (nSPS) is 14.8. The fraction of sp³-hybridized carbons (Fsp3) is 0.545. The molecule has 2 rings (SSSR count). The number of carboxylic acids is 1. The zero-order chi connectivity index (χ0) is 11.5. The second kappa shape index (κ2) is 4.47. The van der Waals surface area contributed by atoms with Crippen LogP contribution < -0.4 is 4.90 Å². The van der Waals surface area contributed by atoms with Gasteiger partial charge in [0.25, 0.3) is 0 Å². The average Bonchev–Trinajstić information content (AvgIpc) is 3.04. The fourth-order valence-corrected chi connectivity index (χ4v) is 1.75. The molecule has 0 atom stereocenters. The van der Waals surface area contributed by atoms with Crippen molar-refractivity contribution < 1.29 is 9.90 Å². The third-order valence-corrected chi connectivity index (χ3v) is 2.68. The summed E-state index contributed by atoms with van der Waals surface area (Å²) in [5, 5.41) is 8.72. The van der Waals surface area contributed by atoms with Gasteiger partial charge in [-0.1, -0.05) is 0 Å². The molecule has 16 heavy (non-hydrogen) atoms. The van der Waals surface area contributed by atoms with Gasteiger partial charge in [-0.15, -0.1) is 0 Å². The maximum atomic E-state index is 10.6. The summed E-state index contributed by atoms with van der Waals surface area (Å²) in [4.78, 5) is 21.1. The summed E-state index contributed by atoms with van der Waals surface area (Å²) >= 11 is 0. The molecule has 5 nitrogen and oxygen atoms in total. The SMILES string of the molecule is Cc1nccnc1N(CCC(=O)O)C1CC1. The van der Waals surface area contributed by atoms with Crippen LogP contribution in [0.4, 0.5) is 5.82 Å². The number of carboxylic acid groups (broad SMARTS) is 1. The Morgan fingerprint density at radius 3 is 2.75 bits per heavy atom. The molecular weight excluding hydrogens is 206 g/mol. The first kappa shape index (κ1) is 10.9. The highest BCUT2D eigenvalue weighted by Gasteiger charge is 2.31. The lowest BCUT2D eigenvalue weighted by Crippen LogP contribution is -2.30. The molecule has 1 heterocycles. The lowest BCUT2D eigenvalue weighted by Gasteiger charge is -2.23. The monoisotopic (exact) mass is 221 g/mol. The van der Waals surface area contributed by atoms with E-state index in [1.54, 1.807) is 12.4 Å². The highest BCUT2D eigenvalue weighted by atomic mass is 16.4. The molecule has 0 aromatic carbocycles. The minimum absolute atomic E-state index is 0.145. The van der Waals surface area contributed by atoms with Crippen molar-refractivity contribution in [2.24, 2.45) is 0 Å². The van der Waals surface area contributed by atoms with E-state index in [1.165, 1.54) is 0 Å². The quantitative estimate of drug-likeness (QED) is 0.810. The number of carbonyl (C=O) groups is 1. The molecule has 0 unspecified atom stereocenters. The number of hydrogen-bond donors (Lipinski definition) is 1. The van der Waals surface area contributed by atoms with Crippen molar-refractivity contribution in [3.05, 3.63) is 18.1 Å². The molecule has 0 amide bonds. The van der Waals surface area contributed by atoms with E-state index in [1.807, 2.05) is 6.92 Å². The molecule has 1 N–H and O–H groups in total. The third-order valence-electron chi connectivity index (χ3n) is 2.68. The Labute approximate surface area is 94.1 Å². The first-order valence-electron chi connectivity index (χ1n) is 5.44. The van der Waals surface area contributed by atoms with E-state index in [4.69, 9.17) is 5.11 Å². The number of aliphatic carboxylic acids is 1. The summed E-state index contributed by atoms with van der Waals surface area (Å²) in [5.41, 5.74) is 0.861. The Bertz CT molecular complexity index is 391. The van der Waals surface area contributed by atoms with Crippen LogP contribution in [0.1, 0.15) is 25.0 Å². The van der Waals surface area contributed by atoms with Gasteiger partial charge in [0.15, 0.2) is 0 Å². The average molecular weight is 221 g/mol. The minimum atomic E-state index is -0.771. The van der Waals surface area contributed by atoms with Crippen molar-refractivity contribution in [1.82, 2.24) is 9.97 Å². The molecule has 1 saturated carbocycles. The molecule has 1 aromatic rings. The van der Waals surface area contributed by atoms with Crippen molar-refractivity contribution in [3.8, 4) is 0 Å². The van der Waals surface area contributed by atoms with Gasteiger partial charge in [0.2, 0.25) is 0 Å². The predicted molar refractivity (Wildman–Crippen MR) is 59.4 cm³/mol. The van der Waals surface area contributed by atoms with Crippen LogP contribution in [0.2, 0.25) is 0 Å². The summed E-state index contributed by atoms with van der Waals surface area (Å²) in [5.74, 6) is 0.0541. The molecule has 0 radical (unpaired) electrons. The smallest absolute Gasteiger partial charge is 0.305 e. The second-order valence-corrected chi connectivity index (χ2v) is 4.03. The van der Waals surface area contributed by atoms with Crippen LogP contribution in [-0.2, 0) is 4.79 Å². The van der Waals surface area contributed by atoms with E-state index in [0.29, 0.717) is 12.6 Å². The van der Waals surface area contributed by atoms with Crippen LogP contribution >= 0.6 is 0 Å².